The van der Waals surface area contributed by atoms with Crippen LogP contribution >= 0.6 is 0 Å². The molecule has 0 heterocycles. The quantitative estimate of drug-likeness (QED) is 0.899. The summed E-state index contributed by atoms with van der Waals surface area (Å²) >= 11 is 0. The average Bonchev–Trinajstić information content (AvgIpc) is 2.44. The summed E-state index contributed by atoms with van der Waals surface area (Å²) in [6, 6.07) is 7.62. The lowest BCUT2D eigenvalue weighted by Gasteiger charge is -2.42. The molecule has 118 valence electrons. The molecule has 1 aliphatic carbocycles. The smallest absolute Gasteiger partial charge is 0.0473 e. The molecule has 0 bridgehead atoms. The Bertz CT molecular complexity index is 468. The van der Waals surface area contributed by atoms with E-state index in [1.54, 1.807) is 0 Å². The van der Waals surface area contributed by atoms with Crippen molar-refractivity contribution in [1.29, 1.82) is 0 Å². The van der Waals surface area contributed by atoms with Crippen LogP contribution in [0.3, 0.4) is 0 Å². The SMILES string of the molecule is Cc1cccc(C(CN)N(C)C2CCC(C)(C)CC2)c1C. The molecule has 0 aliphatic heterocycles. The third-order valence-electron chi connectivity index (χ3n) is 5.61. The van der Waals surface area contributed by atoms with E-state index in [0.717, 1.165) is 0 Å². The molecule has 2 heteroatoms. The summed E-state index contributed by atoms with van der Waals surface area (Å²) in [4.78, 5) is 2.54. The molecular formula is C19H32N2. The molecule has 1 aromatic carbocycles. The third-order valence-corrected chi connectivity index (χ3v) is 5.61. The lowest BCUT2D eigenvalue weighted by Crippen LogP contribution is -2.42. The highest BCUT2D eigenvalue weighted by Gasteiger charge is 2.31. The number of benzene rings is 1. The number of hydrogen-bond donors (Lipinski definition) is 1. The molecule has 0 amide bonds. The molecule has 1 aliphatic rings. The minimum absolute atomic E-state index is 0.344. The van der Waals surface area contributed by atoms with Crippen LogP contribution in [0.15, 0.2) is 18.2 Å². The molecule has 1 atom stereocenters. The van der Waals surface area contributed by atoms with E-state index in [2.05, 4.69) is 57.8 Å². The van der Waals surface area contributed by atoms with E-state index in [9.17, 15) is 0 Å². The zero-order valence-electron chi connectivity index (χ0n) is 14.4. The molecule has 21 heavy (non-hydrogen) atoms. The van der Waals surface area contributed by atoms with Gasteiger partial charge in [0.05, 0.1) is 0 Å². The van der Waals surface area contributed by atoms with Crippen LogP contribution in [0, 0.1) is 19.3 Å². The van der Waals surface area contributed by atoms with Crippen molar-refractivity contribution in [2.75, 3.05) is 13.6 Å². The average molecular weight is 288 g/mol. The van der Waals surface area contributed by atoms with Gasteiger partial charge in [-0.25, -0.2) is 0 Å². The molecule has 1 saturated carbocycles. The van der Waals surface area contributed by atoms with Crippen molar-refractivity contribution in [3.05, 3.63) is 34.9 Å². The van der Waals surface area contributed by atoms with E-state index >= 15 is 0 Å². The summed E-state index contributed by atoms with van der Waals surface area (Å²) < 4.78 is 0. The van der Waals surface area contributed by atoms with Crippen LogP contribution in [0.1, 0.15) is 62.3 Å². The van der Waals surface area contributed by atoms with E-state index in [1.165, 1.54) is 42.4 Å². The zero-order chi connectivity index (χ0) is 15.6. The third kappa shape index (κ3) is 3.67. The number of hydrogen-bond acceptors (Lipinski definition) is 2. The number of nitrogens with two attached hydrogens (primary N) is 1. The Hall–Kier alpha value is -0.860. The lowest BCUT2D eigenvalue weighted by molar-refractivity contribution is 0.0964. The largest absolute Gasteiger partial charge is 0.329 e. The molecular weight excluding hydrogens is 256 g/mol. The van der Waals surface area contributed by atoms with E-state index in [1.807, 2.05) is 0 Å². The molecule has 0 spiro atoms. The maximum Gasteiger partial charge on any atom is 0.0473 e. The van der Waals surface area contributed by atoms with Crippen LogP contribution < -0.4 is 5.73 Å². The summed E-state index contributed by atoms with van der Waals surface area (Å²) in [6.07, 6.45) is 5.24. The van der Waals surface area contributed by atoms with Crippen molar-refractivity contribution < 1.29 is 0 Å². The molecule has 2 N–H and O–H groups in total. The molecule has 0 radical (unpaired) electrons. The van der Waals surface area contributed by atoms with Crippen LogP contribution in [0.2, 0.25) is 0 Å². The minimum atomic E-state index is 0.344. The first-order valence-electron chi connectivity index (χ1n) is 8.34. The Morgan fingerprint density at radius 2 is 1.86 bits per heavy atom. The second kappa shape index (κ2) is 6.50. The highest BCUT2D eigenvalue weighted by molar-refractivity contribution is 5.35. The Morgan fingerprint density at radius 3 is 2.43 bits per heavy atom. The van der Waals surface area contributed by atoms with E-state index in [0.29, 0.717) is 24.0 Å². The Balaban J connectivity index is 2.16. The molecule has 1 aromatic rings. The minimum Gasteiger partial charge on any atom is -0.329 e. The molecule has 0 aromatic heterocycles. The van der Waals surface area contributed by atoms with Gasteiger partial charge < -0.3 is 5.73 Å². The van der Waals surface area contributed by atoms with Crippen molar-refractivity contribution in [2.24, 2.45) is 11.1 Å². The van der Waals surface area contributed by atoms with Crippen molar-refractivity contribution in [1.82, 2.24) is 4.90 Å². The second-order valence-corrected chi connectivity index (χ2v) is 7.60. The fourth-order valence-corrected chi connectivity index (χ4v) is 3.69. The Morgan fingerprint density at radius 1 is 1.24 bits per heavy atom. The van der Waals surface area contributed by atoms with E-state index in [4.69, 9.17) is 5.73 Å². The van der Waals surface area contributed by atoms with Crippen LogP contribution in [0.5, 0.6) is 0 Å². The van der Waals surface area contributed by atoms with Gasteiger partial charge in [-0.3, -0.25) is 4.90 Å². The van der Waals surface area contributed by atoms with Crippen LogP contribution in [0.25, 0.3) is 0 Å². The maximum atomic E-state index is 6.14. The molecule has 2 nitrogen and oxygen atoms in total. The second-order valence-electron chi connectivity index (χ2n) is 7.60. The van der Waals surface area contributed by atoms with E-state index < -0.39 is 0 Å². The summed E-state index contributed by atoms with van der Waals surface area (Å²) in [7, 11) is 2.27. The van der Waals surface area contributed by atoms with Gasteiger partial charge in [-0.15, -0.1) is 0 Å². The van der Waals surface area contributed by atoms with Crippen molar-refractivity contribution >= 4 is 0 Å². The highest BCUT2D eigenvalue weighted by Crippen LogP contribution is 2.38. The number of likely N-dealkylation sites (N-methyl/N-ethyl adjacent to an activating group) is 1. The van der Waals surface area contributed by atoms with Gasteiger partial charge in [-0.1, -0.05) is 32.0 Å². The molecule has 0 saturated heterocycles. The Kier molecular flexibility index (Phi) is 5.11. The fourth-order valence-electron chi connectivity index (χ4n) is 3.69. The van der Waals surface area contributed by atoms with Gasteiger partial charge in [-0.2, -0.15) is 0 Å². The predicted octanol–water partition coefficient (Wildman–Crippen LogP) is 4.20. The van der Waals surface area contributed by atoms with Gasteiger partial charge in [0.1, 0.15) is 0 Å². The number of aryl methyl sites for hydroxylation is 1. The summed E-state index contributed by atoms with van der Waals surface area (Å²) in [5.74, 6) is 0. The van der Waals surface area contributed by atoms with Crippen LogP contribution in [0.4, 0.5) is 0 Å². The lowest BCUT2D eigenvalue weighted by atomic mass is 9.75. The van der Waals surface area contributed by atoms with Gasteiger partial charge in [0, 0.05) is 18.6 Å². The molecule has 1 fully saturated rings. The van der Waals surface area contributed by atoms with Crippen LogP contribution in [-0.4, -0.2) is 24.5 Å². The standard InChI is InChI=1S/C19H32N2/c1-14-7-6-8-17(15(14)2)18(13-20)21(5)16-9-11-19(3,4)12-10-16/h6-8,16,18H,9-13,20H2,1-5H3. The number of nitrogens with zero attached hydrogens (tertiary/aromatic N) is 1. The summed E-state index contributed by atoms with van der Waals surface area (Å²) in [6.45, 7) is 9.91. The van der Waals surface area contributed by atoms with Gasteiger partial charge >= 0.3 is 0 Å². The fraction of sp³-hybridized carbons (Fsp3) is 0.684. The summed E-state index contributed by atoms with van der Waals surface area (Å²) in [5.41, 5.74) is 10.8. The zero-order valence-corrected chi connectivity index (χ0v) is 14.4. The topological polar surface area (TPSA) is 29.3 Å². The normalized spacial score (nSPS) is 20.7. The van der Waals surface area contributed by atoms with E-state index in [-0.39, 0.29) is 0 Å². The van der Waals surface area contributed by atoms with Crippen molar-refractivity contribution in [3.8, 4) is 0 Å². The monoisotopic (exact) mass is 288 g/mol. The highest BCUT2D eigenvalue weighted by atomic mass is 15.2. The molecule has 1 unspecified atom stereocenters. The van der Waals surface area contributed by atoms with Gasteiger partial charge in [-0.05, 0) is 68.7 Å². The van der Waals surface area contributed by atoms with Gasteiger partial charge in [0.15, 0.2) is 0 Å². The maximum absolute atomic E-state index is 6.14. The van der Waals surface area contributed by atoms with Crippen molar-refractivity contribution in [3.63, 3.8) is 0 Å². The van der Waals surface area contributed by atoms with Crippen LogP contribution in [-0.2, 0) is 0 Å². The first-order valence-corrected chi connectivity index (χ1v) is 8.34. The molecule has 2 rings (SSSR count). The van der Waals surface area contributed by atoms with Gasteiger partial charge in [0.25, 0.3) is 0 Å². The van der Waals surface area contributed by atoms with Crippen molar-refractivity contribution in [2.45, 2.75) is 65.5 Å². The summed E-state index contributed by atoms with van der Waals surface area (Å²) in [5, 5.41) is 0. The Labute approximate surface area is 130 Å². The predicted molar refractivity (Wildman–Crippen MR) is 91.5 cm³/mol. The number of rotatable bonds is 4. The van der Waals surface area contributed by atoms with Gasteiger partial charge in [0.2, 0.25) is 0 Å². The first kappa shape index (κ1) is 16.5. The first-order chi connectivity index (χ1) is 9.85.